The Hall–Kier alpha value is -2.70. The lowest BCUT2D eigenvalue weighted by atomic mass is 9.88. The van der Waals surface area contributed by atoms with Crippen molar-refractivity contribution in [1.29, 1.82) is 0 Å². The number of nitrogens with one attached hydrogen (secondary N) is 2. The minimum atomic E-state index is -0.471. The van der Waals surface area contributed by atoms with E-state index in [1.54, 1.807) is 39.3 Å². The average Bonchev–Trinajstić information content (AvgIpc) is 2.90. The lowest BCUT2D eigenvalue weighted by Gasteiger charge is -2.17. The molecule has 23 heavy (non-hydrogen) atoms. The van der Waals surface area contributed by atoms with E-state index in [-0.39, 0.29) is 12.0 Å². The van der Waals surface area contributed by atoms with Gasteiger partial charge in [-0.25, -0.2) is 0 Å². The smallest absolute Gasteiger partial charge is 0.306 e. The maximum Gasteiger partial charge on any atom is 0.306 e. The molecule has 0 saturated carbocycles. The summed E-state index contributed by atoms with van der Waals surface area (Å²) in [6.45, 7) is 1.77. The van der Waals surface area contributed by atoms with Gasteiger partial charge in [-0.15, -0.1) is 0 Å². The average molecular weight is 320 g/mol. The zero-order valence-corrected chi connectivity index (χ0v) is 13.6. The number of rotatable bonds is 6. The molecule has 124 valence electrons. The normalized spacial score (nSPS) is 11.8. The van der Waals surface area contributed by atoms with E-state index in [2.05, 4.69) is 10.2 Å². The van der Waals surface area contributed by atoms with E-state index in [0.717, 1.165) is 5.56 Å². The molecule has 0 spiro atoms. The van der Waals surface area contributed by atoms with Crippen molar-refractivity contribution in [2.75, 3.05) is 21.3 Å². The molecule has 0 amide bonds. The maximum atomic E-state index is 12.1. The van der Waals surface area contributed by atoms with E-state index < -0.39 is 11.9 Å². The first kappa shape index (κ1) is 16.7. The lowest BCUT2D eigenvalue weighted by molar-refractivity contribution is -0.140. The van der Waals surface area contributed by atoms with Crippen LogP contribution in [0.25, 0.3) is 0 Å². The Labute approximate surface area is 133 Å². The predicted molar refractivity (Wildman–Crippen MR) is 84.2 cm³/mol. The minimum absolute atomic E-state index is 0.0363. The van der Waals surface area contributed by atoms with Gasteiger partial charge in [0, 0.05) is 23.2 Å². The second-order valence-electron chi connectivity index (χ2n) is 5.10. The van der Waals surface area contributed by atoms with Gasteiger partial charge in [0.1, 0.15) is 11.5 Å². The number of carbonyl (C=O) groups is 1. The quantitative estimate of drug-likeness (QED) is 0.791. The zero-order chi connectivity index (χ0) is 17.0. The van der Waals surface area contributed by atoms with Crippen molar-refractivity contribution in [1.82, 2.24) is 10.2 Å². The molecule has 0 bridgehead atoms. The Bertz CT molecular complexity index is 725. The van der Waals surface area contributed by atoms with Crippen LogP contribution in [-0.2, 0) is 9.53 Å². The Kier molecular flexibility index (Phi) is 5.10. The highest BCUT2D eigenvalue weighted by atomic mass is 16.5. The first-order valence-corrected chi connectivity index (χ1v) is 7.07. The van der Waals surface area contributed by atoms with Crippen molar-refractivity contribution in [3.8, 4) is 11.5 Å². The number of carbonyl (C=O) groups excluding carboxylic acids is 1. The number of methoxy groups -OCH3 is 3. The van der Waals surface area contributed by atoms with Crippen molar-refractivity contribution < 1.29 is 19.0 Å². The number of benzene rings is 1. The van der Waals surface area contributed by atoms with Gasteiger partial charge in [-0.3, -0.25) is 14.7 Å². The fourth-order valence-electron chi connectivity index (χ4n) is 2.54. The molecule has 0 saturated heterocycles. The monoisotopic (exact) mass is 320 g/mol. The molecule has 0 fully saturated rings. The molecule has 7 nitrogen and oxygen atoms in total. The summed E-state index contributed by atoms with van der Waals surface area (Å²) in [5, 5.41) is 5.32. The second-order valence-corrected chi connectivity index (χ2v) is 5.10. The van der Waals surface area contributed by atoms with Gasteiger partial charge in [0.25, 0.3) is 5.56 Å². The molecule has 1 aromatic heterocycles. The summed E-state index contributed by atoms with van der Waals surface area (Å²) >= 11 is 0. The third-order valence-corrected chi connectivity index (χ3v) is 3.74. The minimum Gasteiger partial charge on any atom is -0.497 e. The third-order valence-electron chi connectivity index (χ3n) is 3.74. The van der Waals surface area contributed by atoms with E-state index in [4.69, 9.17) is 14.2 Å². The van der Waals surface area contributed by atoms with Gasteiger partial charge in [-0.1, -0.05) is 0 Å². The number of ether oxygens (including phenoxy) is 3. The van der Waals surface area contributed by atoms with Gasteiger partial charge in [-0.05, 0) is 24.6 Å². The molecule has 1 aromatic carbocycles. The molecule has 2 aromatic rings. The van der Waals surface area contributed by atoms with Crippen LogP contribution in [-0.4, -0.2) is 37.5 Å². The Morgan fingerprint density at radius 1 is 1.09 bits per heavy atom. The third kappa shape index (κ3) is 3.56. The standard InChI is InChI=1S/C16H20N2O5/c1-9-15(16(20)18-17-9)13(8-14(19)23-4)10-5-11(21-2)7-12(6-10)22-3/h5-7,13H,8H2,1-4H3,(H2,17,18,20). The van der Waals surface area contributed by atoms with E-state index >= 15 is 0 Å². The van der Waals surface area contributed by atoms with Gasteiger partial charge in [-0.2, -0.15) is 0 Å². The Morgan fingerprint density at radius 2 is 1.70 bits per heavy atom. The highest BCUT2D eigenvalue weighted by Gasteiger charge is 2.25. The molecule has 7 heteroatoms. The molecule has 1 atom stereocenters. The van der Waals surface area contributed by atoms with Crippen molar-refractivity contribution in [2.24, 2.45) is 0 Å². The SMILES string of the molecule is COC(=O)CC(c1cc(OC)cc(OC)c1)c1c(C)[nH][nH]c1=O. The maximum absolute atomic E-state index is 12.1. The lowest BCUT2D eigenvalue weighted by Crippen LogP contribution is -2.17. The number of esters is 1. The van der Waals surface area contributed by atoms with Crippen LogP contribution in [0.4, 0.5) is 0 Å². The van der Waals surface area contributed by atoms with Crippen LogP contribution in [0.1, 0.15) is 29.2 Å². The van der Waals surface area contributed by atoms with Crippen LogP contribution in [0.5, 0.6) is 11.5 Å². The summed E-state index contributed by atoms with van der Waals surface area (Å²) < 4.78 is 15.3. The zero-order valence-electron chi connectivity index (χ0n) is 13.6. The molecule has 2 rings (SSSR count). The largest absolute Gasteiger partial charge is 0.497 e. The van der Waals surface area contributed by atoms with E-state index in [1.165, 1.54) is 7.11 Å². The Morgan fingerprint density at radius 3 is 2.13 bits per heavy atom. The summed E-state index contributed by atoms with van der Waals surface area (Å²) in [7, 11) is 4.41. The van der Waals surface area contributed by atoms with E-state index in [0.29, 0.717) is 22.8 Å². The van der Waals surface area contributed by atoms with Crippen LogP contribution in [0, 0.1) is 6.92 Å². The number of aromatic nitrogens is 2. The highest BCUT2D eigenvalue weighted by molar-refractivity contribution is 5.71. The number of hydrogen-bond acceptors (Lipinski definition) is 5. The van der Waals surface area contributed by atoms with Crippen LogP contribution in [0.2, 0.25) is 0 Å². The topological polar surface area (TPSA) is 93.4 Å². The summed E-state index contributed by atoms with van der Waals surface area (Å²) in [4.78, 5) is 23.9. The fourth-order valence-corrected chi connectivity index (χ4v) is 2.54. The summed E-state index contributed by atoms with van der Waals surface area (Å²) in [5.41, 5.74) is 1.63. The fraction of sp³-hybridized carbons (Fsp3) is 0.375. The number of hydrogen-bond donors (Lipinski definition) is 2. The number of aromatic amines is 2. The molecular weight excluding hydrogens is 300 g/mol. The van der Waals surface area contributed by atoms with Gasteiger partial charge in [0.2, 0.25) is 0 Å². The van der Waals surface area contributed by atoms with Crippen LogP contribution in [0.15, 0.2) is 23.0 Å². The van der Waals surface area contributed by atoms with E-state index in [9.17, 15) is 9.59 Å². The summed E-state index contributed by atoms with van der Waals surface area (Å²) in [6.07, 6.45) is 0.0363. The Balaban J connectivity index is 2.58. The van der Waals surface area contributed by atoms with Crippen molar-refractivity contribution in [3.63, 3.8) is 0 Å². The molecule has 1 unspecified atom stereocenters. The molecule has 0 aliphatic carbocycles. The molecule has 0 aliphatic heterocycles. The molecule has 2 N–H and O–H groups in total. The van der Waals surface area contributed by atoms with Gasteiger partial charge in [0.15, 0.2) is 0 Å². The van der Waals surface area contributed by atoms with Crippen molar-refractivity contribution >= 4 is 5.97 Å². The van der Waals surface area contributed by atoms with Crippen molar-refractivity contribution in [3.05, 3.63) is 45.4 Å². The van der Waals surface area contributed by atoms with Crippen molar-refractivity contribution in [2.45, 2.75) is 19.3 Å². The van der Waals surface area contributed by atoms with Crippen LogP contribution < -0.4 is 15.0 Å². The number of H-pyrrole nitrogens is 2. The molecule has 0 aliphatic rings. The van der Waals surface area contributed by atoms with Gasteiger partial charge in [0.05, 0.1) is 27.8 Å². The highest BCUT2D eigenvalue weighted by Crippen LogP contribution is 2.33. The van der Waals surface area contributed by atoms with Gasteiger partial charge < -0.3 is 19.3 Å². The number of aryl methyl sites for hydroxylation is 1. The first-order valence-electron chi connectivity index (χ1n) is 7.07. The first-order chi connectivity index (χ1) is 11.0. The second kappa shape index (κ2) is 7.04. The molecule has 1 heterocycles. The predicted octanol–water partition coefficient (Wildman–Crippen LogP) is 1.72. The summed E-state index contributed by atoms with van der Waals surface area (Å²) in [6, 6.07) is 5.29. The van der Waals surface area contributed by atoms with E-state index in [1.807, 2.05) is 0 Å². The van der Waals surface area contributed by atoms with Crippen LogP contribution in [0.3, 0.4) is 0 Å². The molecular formula is C16H20N2O5. The van der Waals surface area contributed by atoms with Gasteiger partial charge >= 0.3 is 5.97 Å². The van der Waals surface area contributed by atoms with Crippen LogP contribution >= 0.6 is 0 Å². The summed E-state index contributed by atoms with van der Waals surface area (Å²) in [5.74, 6) is 0.288. The molecule has 0 radical (unpaired) electrons.